The van der Waals surface area contributed by atoms with E-state index >= 15 is 0 Å². The lowest BCUT2D eigenvalue weighted by Gasteiger charge is -2.35. The number of aromatic nitrogens is 1. The van der Waals surface area contributed by atoms with Crippen LogP contribution in [0.25, 0.3) is 22.2 Å². The van der Waals surface area contributed by atoms with E-state index in [1.165, 1.54) is 12.1 Å². The largest absolute Gasteiger partial charge is 0.452 e. The van der Waals surface area contributed by atoms with Crippen molar-refractivity contribution in [3.05, 3.63) is 66.0 Å². The highest BCUT2D eigenvalue weighted by atomic mass is 19.1. The van der Waals surface area contributed by atoms with Crippen molar-refractivity contribution in [2.45, 2.75) is 38.6 Å². The van der Waals surface area contributed by atoms with Gasteiger partial charge in [0.2, 0.25) is 0 Å². The lowest BCUT2D eigenvalue weighted by Crippen LogP contribution is -2.45. The maximum Gasteiger partial charge on any atom is 0.339 e. The number of para-hydroxylation sites is 1. The van der Waals surface area contributed by atoms with Crippen LogP contribution in [0.3, 0.4) is 0 Å². The molecule has 1 aromatic heterocycles. The molecule has 0 aliphatic carbocycles. The average molecular weight is 420 g/mol. The number of piperidine rings is 1. The Kier molecular flexibility index (Phi) is 6.26. The Morgan fingerprint density at radius 2 is 1.90 bits per heavy atom. The Bertz CT molecular complexity index is 1100. The van der Waals surface area contributed by atoms with Crippen molar-refractivity contribution in [2.75, 3.05) is 13.2 Å². The van der Waals surface area contributed by atoms with Gasteiger partial charge in [-0.3, -0.25) is 4.79 Å². The normalized spacial score (nSPS) is 16.3. The molecule has 1 atom stereocenters. The van der Waals surface area contributed by atoms with Crippen LogP contribution in [0.4, 0.5) is 4.39 Å². The highest BCUT2D eigenvalue weighted by Gasteiger charge is 2.26. The number of amides is 1. The number of carbonyl (C=O) groups excluding carboxylic acids is 2. The van der Waals surface area contributed by atoms with E-state index in [-0.39, 0.29) is 24.4 Å². The second-order valence-electron chi connectivity index (χ2n) is 7.80. The summed E-state index contributed by atoms with van der Waals surface area (Å²) in [5.74, 6) is -1.07. The molecule has 0 bridgehead atoms. The van der Waals surface area contributed by atoms with Crippen LogP contribution in [0.2, 0.25) is 0 Å². The molecule has 1 fully saturated rings. The number of hydrogen-bond acceptors (Lipinski definition) is 4. The molecule has 1 amide bonds. The number of pyridine rings is 1. The quantitative estimate of drug-likeness (QED) is 0.546. The van der Waals surface area contributed by atoms with Gasteiger partial charge in [-0.15, -0.1) is 0 Å². The van der Waals surface area contributed by atoms with Crippen LogP contribution in [-0.2, 0) is 9.53 Å². The minimum atomic E-state index is -0.569. The Labute approximate surface area is 180 Å². The SMILES string of the molecule is CCC1CCCCN1C(=O)COC(=O)c1cc(-c2ccc(F)cc2)nc2ccccc12. The predicted molar refractivity (Wildman–Crippen MR) is 117 cm³/mol. The van der Waals surface area contributed by atoms with Crippen molar-refractivity contribution in [3.8, 4) is 11.3 Å². The average Bonchev–Trinajstić information content (AvgIpc) is 2.82. The summed E-state index contributed by atoms with van der Waals surface area (Å²) in [5, 5.41) is 0.648. The first kappa shape index (κ1) is 21.0. The first-order valence-corrected chi connectivity index (χ1v) is 10.7. The Morgan fingerprint density at radius 3 is 2.68 bits per heavy atom. The van der Waals surface area contributed by atoms with E-state index in [9.17, 15) is 14.0 Å². The van der Waals surface area contributed by atoms with E-state index < -0.39 is 5.97 Å². The summed E-state index contributed by atoms with van der Waals surface area (Å²) in [7, 11) is 0. The molecule has 0 N–H and O–H groups in total. The zero-order valence-corrected chi connectivity index (χ0v) is 17.5. The molecule has 6 heteroatoms. The van der Waals surface area contributed by atoms with Crippen LogP contribution >= 0.6 is 0 Å². The monoisotopic (exact) mass is 420 g/mol. The summed E-state index contributed by atoms with van der Waals surface area (Å²) < 4.78 is 18.8. The fraction of sp³-hybridized carbons (Fsp3) is 0.320. The minimum absolute atomic E-state index is 0.156. The molecule has 1 saturated heterocycles. The number of nitrogens with zero attached hydrogens (tertiary/aromatic N) is 2. The number of likely N-dealkylation sites (tertiary alicyclic amines) is 1. The van der Waals surface area contributed by atoms with E-state index in [1.54, 1.807) is 24.3 Å². The number of rotatable bonds is 5. The summed E-state index contributed by atoms with van der Waals surface area (Å²) in [6.45, 7) is 2.50. The molecule has 4 rings (SSSR count). The van der Waals surface area contributed by atoms with Crippen LogP contribution in [0.15, 0.2) is 54.6 Å². The summed E-state index contributed by atoms with van der Waals surface area (Å²) in [6, 6.07) is 15.1. The standard InChI is InChI=1S/C25H25FN2O3/c1-2-19-7-5-6-14-28(19)24(29)16-31-25(30)21-15-23(17-10-12-18(26)13-11-17)27-22-9-4-3-8-20(21)22/h3-4,8-13,15,19H,2,5-7,14,16H2,1H3. The molecule has 1 aliphatic rings. The minimum Gasteiger partial charge on any atom is -0.452 e. The van der Waals surface area contributed by atoms with Crippen molar-refractivity contribution >= 4 is 22.8 Å². The molecule has 0 spiro atoms. The number of hydrogen-bond donors (Lipinski definition) is 0. The second-order valence-corrected chi connectivity index (χ2v) is 7.80. The van der Waals surface area contributed by atoms with Crippen molar-refractivity contribution in [1.82, 2.24) is 9.88 Å². The highest BCUT2D eigenvalue weighted by molar-refractivity contribution is 6.05. The van der Waals surface area contributed by atoms with Gasteiger partial charge >= 0.3 is 5.97 Å². The fourth-order valence-corrected chi connectivity index (χ4v) is 4.15. The molecule has 2 aromatic carbocycles. The highest BCUT2D eigenvalue weighted by Crippen LogP contribution is 2.26. The first-order chi connectivity index (χ1) is 15.1. The number of halogens is 1. The van der Waals surface area contributed by atoms with E-state index in [0.717, 1.165) is 25.7 Å². The van der Waals surface area contributed by atoms with Crippen LogP contribution in [-0.4, -0.2) is 41.0 Å². The topological polar surface area (TPSA) is 59.5 Å². The zero-order valence-electron chi connectivity index (χ0n) is 17.5. The molecule has 0 saturated carbocycles. The van der Waals surface area contributed by atoms with Gasteiger partial charge < -0.3 is 9.64 Å². The third-order valence-corrected chi connectivity index (χ3v) is 5.82. The van der Waals surface area contributed by atoms with Crippen molar-refractivity contribution in [1.29, 1.82) is 0 Å². The molecule has 31 heavy (non-hydrogen) atoms. The molecule has 5 nitrogen and oxygen atoms in total. The zero-order chi connectivity index (χ0) is 21.8. The maximum atomic E-state index is 13.3. The van der Waals surface area contributed by atoms with Crippen molar-refractivity contribution in [3.63, 3.8) is 0 Å². The van der Waals surface area contributed by atoms with E-state index in [2.05, 4.69) is 11.9 Å². The molecule has 0 radical (unpaired) electrons. The smallest absolute Gasteiger partial charge is 0.339 e. The molecule has 1 unspecified atom stereocenters. The van der Waals surface area contributed by atoms with Gasteiger partial charge in [0.25, 0.3) is 5.91 Å². The van der Waals surface area contributed by atoms with Crippen LogP contribution in [0.5, 0.6) is 0 Å². The Hall–Kier alpha value is -3.28. The van der Waals surface area contributed by atoms with Crippen molar-refractivity contribution in [2.24, 2.45) is 0 Å². The number of ether oxygens (including phenoxy) is 1. The first-order valence-electron chi connectivity index (χ1n) is 10.7. The molecular formula is C25H25FN2O3. The summed E-state index contributed by atoms with van der Waals surface area (Å²) in [6.07, 6.45) is 3.99. The van der Waals surface area contributed by atoms with E-state index in [4.69, 9.17) is 4.74 Å². The molecule has 1 aliphatic heterocycles. The van der Waals surface area contributed by atoms with Gasteiger partial charge in [-0.1, -0.05) is 25.1 Å². The van der Waals surface area contributed by atoms with Crippen LogP contribution < -0.4 is 0 Å². The third-order valence-electron chi connectivity index (χ3n) is 5.82. The summed E-state index contributed by atoms with van der Waals surface area (Å²) in [5.41, 5.74) is 2.20. The van der Waals surface area contributed by atoms with Crippen molar-refractivity contribution < 1.29 is 18.7 Å². The predicted octanol–water partition coefficient (Wildman–Crippen LogP) is 4.99. The van der Waals surface area contributed by atoms with Crippen LogP contribution in [0, 0.1) is 5.82 Å². The Balaban J connectivity index is 1.58. The van der Waals surface area contributed by atoms with Gasteiger partial charge in [0.15, 0.2) is 6.61 Å². The van der Waals surface area contributed by atoms with E-state index in [1.807, 2.05) is 23.1 Å². The van der Waals surface area contributed by atoms with Gasteiger partial charge in [0.05, 0.1) is 16.8 Å². The number of esters is 1. The molecular weight excluding hydrogens is 395 g/mol. The maximum absolute atomic E-state index is 13.3. The summed E-state index contributed by atoms with van der Waals surface area (Å²) >= 11 is 0. The van der Waals surface area contributed by atoms with Gasteiger partial charge in [0.1, 0.15) is 5.82 Å². The molecule has 3 aromatic rings. The third kappa shape index (κ3) is 4.58. The van der Waals surface area contributed by atoms with E-state index in [0.29, 0.717) is 34.3 Å². The lowest BCUT2D eigenvalue weighted by molar-refractivity contribution is -0.138. The number of carbonyl (C=O) groups is 2. The lowest BCUT2D eigenvalue weighted by atomic mass is 10.00. The fourth-order valence-electron chi connectivity index (χ4n) is 4.15. The van der Waals surface area contributed by atoms with Gasteiger partial charge in [-0.2, -0.15) is 0 Å². The molecule has 2 heterocycles. The number of benzene rings is 2. The number of fused-ring (bicyclic) bond motifs is 1. The van der Waals surface area contributed by atoms with Crippen LogP contribution in [0.1, 0.15) is 43.0 Å². The Morgan fingerprint density at radius 1 is 1.13 bits per heavy atom. The van der Waals surface area contributed by atoms with Gasteiger partial charge in [-0.05, 0) is 62.1 Å². The second kappa shape index (κ2) is 9.25. The van der Waals surface area contributed by atoms with Gasteiger partial charge in [-0.25, -0.2) is 14.2 Å². The molecule has 160 valence electrons. The van der Waals surface area contributed by atoms with Gasteiger partial charge in [0, 0.05) is 23.5 Å². The summed E-state index contributed by atoms with van der Waals surface area (Å²) in [4.78, 5) is 32.1.